The molecule has 4 unspecified atom stereocenters. The van der Waals surface area contributed by atoms with Gasteiger partial charge in [0.2, 0.25) is 0 Å². The highest BCUT2D eigenvalue weighted by Crippen LogP contribution is 2.20. The van der Waals surface area contributed by atoms with Gasteiger partial charge >= 0.3 is 0 Å². The average Bonchev–Trinajstić information content (AvgIpc) is 1.78. The first-order chi connectivity index (χ1) is 46.4. The second kappa shape index (κ2) is 46.2. The van der Waals surface area contributed by atoms with Crippen LogP contribution in [-0.4, -0.2) is 146 Å². The summed E-state index contributed by atoms with van der Waals surface area (Å²) in [6.45, 7) is 39.5. The third-order valence-electron chi connectivity index (χ3n) is 15.3. The molecule has 0 aliphatic heterocycles. The second-order valence-corrected chi connectivity index (χ2v) is 24.4. The van der Waals surface area contributed by atoms with Crippen LogP contribution >= 0.6 is 0 Å². The van der Waals surface area contributed by atoms with Crippen LogP contribution in [0.4, 0.5) is 4.39 Å². The molecule has 9 N–H and O–H groups in total. The summed E-state index contributed by atoms with van der Waals surface area (Å²) in [7, 11) is 3.18. The molecule has 0 saturated carbocycles. The Morgan fingerprint density at radius 2 is 0.612 bits per heavy atom. The SMILES string of the molecule is CCc1onc(C(=O)NC(C)C(C)C)c1C.CCc1onc(C(=O)NC(C)C(C)C)c1CO.CCc1onc(C(=O)NCC(C)C)c1CF.CCc1onc(C(=O)NCC(C)C)c1CO.CCc1onc(C(=O)NCC(C)OC)c1C.CCc1onc(C(=O)NCC(C)OC)c1CO. The van der Waals surface area contributed by atoms with Gasteiger partial charge in [0.05, 0.1) is 54.3 Å². The van der Waals surface area contributed by atoms with Gasteiger partial charge in [0.15, 0.2) is 34.2 Å². The lowest BCUT2D eigenvalue weighted by Crippen LogP contribution is -2.36. The predicted octanol–water partition coefficient (Wildman–Crippen LogP) is 8.83. The van der Waals surface area contributed by atoms with Crippen molar-refractivity contribution in [3.8, 4) is 0 Å². The van der Waals surface area contributed by atoms with E-state index in [1.165, 1.54) is 0 Å². The Morgan fingerprint density at radius 3 is 0.867 bits per heavy atom. The van der Waals surface area contributed by atoms with Gasteiger partial charge in [-0.15, -0.1) is 0 Å². The number of aromatic nitrogens is 6. The minimum Gasteiger partial charge on any atom is -0.391 e. The number of carbonyl (C=O) groups excluding carboxylic acids is 6. The van der Waals surface area contributed by atoms with E-state index >= 15 is 0 Å². The number of hydrogen-bond donors (Lipinski definition) is 9. The molecule has 0 bridgehead atoms. The van der Waals surface area contributed by atoms with Crippen molar-refractivity contribution in [2.24, 2.45) is 23.7 Å². The number of carbonyl (C=O) groups is 6. The van der Waals surface area contributed by atoms with Crippen molar-refractivity contribution in [3.05, 3.63) is 102 Å². The molecule has 30 heteroatoms. The van der Waals surface area contributed by atoms with E-state index < -0.39 is 6.67 Å². The fourth-order valence-electron chi connectivity index (χ4n) is 8.10. The molecule has 0 saturated heterocycles. The minimum atomic E-state index is -0.725. The highest BCUT2D eigenvalue weighted by Gasteiger charge is 2.26. The highest BCUT2D eigenvalue weighted by molar-refractivity contribution is 5.96. The topological polar surface area (TPSA) is 410 Å². The van der Waals surface area contributed by atoms with Crippen LogP contribution in [0.1, 0.15) is 256 Å². The number of ether oxygens (including phenoxy) is 2. The van der Waals surface area contributed by atoms with E-state index in [4.69, 9.17) is 41.7 Å². The molecule has 4 atom stereocenters. The fourth-order valence-corrected chi connectivity index (χ4v) is 8.10. The van der Waals surface area contributed by atoms with Gasteiger partial charge in [0.1, 0.15) is 41.2 Å². The molecule has 6 aromatic heterocycles. The number of alkyl halides is 1. The first-order valence-corrected chi connectivity index (χ1v) is 33.4. The lowest BCUT2D eigenvalue weighted by Gasteiger charge is -2.16. The molecule has 0 spiro atoms. The lowest BCUT2D eigenvalue weighted by atomic mass is 10.1. The number of hydrogen-bond acceptors (Lipinski definition) is 23. The van der Waals surface area contributed by atoms with Crippen LogP contribution in [-0.2, 0) is 74.5 Å². The summed E-state index contributed by atoms with van der Waals surface area (Å²) in [6.07, 6.45) is 3.74. The molecule has 29 nitrogen and oxygen atoms in total. The summed E-state index contributed by atoms with van der Waals surface area (Å²) in [5, 5.41) is 66.4. The second-order valence-electron chi connectivity index (χ2n) is 24.4. The summed E-state index contributed by atoms with van der Waals surface area (Å²) in [4.78, 5) is 70.7. The van der Waals surface area contributed by atoms with Crippen LogP contribution in [0.25, 0.3) is 0 Å². The maximum absolute atomic E-state index is 12.7. The molecule has 98 heavy (non-hydrogen) atoms. The summed E-state index contributed by atoms with van der Waals surface area (Å²) in [6, 6.07) is 0.185. The predicted molar refractivity (Wildman–Crippen MR) is 363 cm³/mol. The van der Waals surface area contributed by atoms with Crippen LogP contribution in [0.15, 0.2) is 27.1 Å². The van der Waals surface area contributed by atoms with Crippen molar-refractivity contribution in [1.29, 1.82) is 0 Å². The molecular formula is C68H111FN12O17. The van der Waals surface area contributed by atoms with Gasteiger partial charge in [-0.1, -0.05) is 128 Å². The van der Waals surface area contributed by atoms with Crippen LogP contribution in [0, 0.1) is 37.5 Å². The van der Waals surface area contributed by atoms with Crippen molar-refractivity contribution >= 4 is 35.4 Å². The molecular weight excluding hydrogens is 1280 g/mol. The van der Waals surface area contributed by atoms with E-state index in [2.05, 4.69) is 76.7 Å². The minimum absolute atomic E-state index is 0.0122. The normalized spacial score (nSPS) is 12.1. The number of methoxy groups -OCH3 is 2. The van der Waals surface area contributed by atoms with Gasteiger partial charge in [0, 0.05) is 102 Å². The lowest BCUT2D eigenvalue weighted by molar-refractivity contribution is 0.0856. The molecule has 0 aliphatic rings. The molecule has 0 radical (unpaired) electrons. The largest absolute Gasteiger partial charge is 0.391 e. The van der Waals surface area contributed by atoms with E-state index in [9.17, 15) is 43.4 Å². The Labute approximate surface area is 575 Å². The Bertz CT molecular complexity index is 3250. The number of aliphatic hydroxyl groups is 3. The quantitative estimate of drug-likeness (QED) is 0.0203. The summed E-state index contributed by atoms with van der Waals surface area (Å²) >= 11 is 0. The van der Waals surface area contributed by atoms with Gasteiger partial charge in [0.25, 0.3) is 35.4 Å². The Morgan fingerprint density at radius 1 is 0.378 bits per heavy atom. The Balaban J connectivity index is 0.000000588. The maximum atomic E-state index is 12.7. The molecule has 0 fully saturated rings. The first kappa shape index (κ1) is 87.8. The van der Waals surface area contributed by atoms with Gasteiger partial charge < -0.3 is 83.8 Å². The number of nitrogens with one attached hydrogen (secondary N) is 6. The monoisotopic (exact) mass is 1390 g/mol. The molecule has 0 aliphatic carbocycles. The van der Waals surface area contributed by atoms with Gasteiger partial charge in [-0.3, -0.25) is 28.8 Å². The number of aryl methyl sites for hydroxylation is 6. The number of nitrogens with zero attached hydrogens (tertiary/aromatic N) is 6. The third-order valence-corrected chi connectivity index (χ3v) is 15.3. The standard InChI is InChI=1S/C12H20N2O3.C12H20N2O2.C11H17FN2O2.C11H18N2O4.2C11H18N2O3/c1-5-10-9(6-15)11(14-17-10)12(16)13-8(4)7(2)3;1-6-10-8(4)11(14-16-10)12(15)13-9(5)7(2)3;1-4-9-8(5-12)10(14-16-9)11(15)13-6-7(2)3;1-4-9-8(6-14)10(13-17-9)11(15)12-5-7(2)16-3;1-5-9-8(3)10(13-16-9)11(14)12-6-7(2)15-4;1-4-9-8(6-14)10(13-16-9)11(15)12-5-7(2)3/h7-8,15H,5-6H2,1-4H3,(H,13,16);7,9H,6H2,1-5H3,(H,13,15);7H,4-6H2,1-3H3,(H,13,15);7,14H,4-6H2,1-3H3,(H,12,15);7H,5-6H2,1-4H3,(H,12,14);7,14H,4-6H2,1-3H3,(H,12,15). The zero-order chi connectivity index (χ0) is 74.5. The average molecular weight is 1390 g/mol. The van der Waals surface area contributed by atoms with E-state index in [1.807, 2.05) is 125 Å². The summed E-state index contributed by atoms with van der Waals surface area (Å²) < 4.78 is 52.9. The van der Waals surface area contributed by atoms with Crippen molar-refractivity contribution in [1.82, 2.24) is 62.8 Å². The zero-order valence-electron chi connectivity index (χ0n) is 61.6. The molecule has 6 aromatic rings. The number of amides is 6. The van der Waals surface area contributed by atoms with Crippen LogP contribution in [0.2, 0.25) is 0 Å². The Hall–Kier alpha value is -8.19. The Kier molecular flexibility index (Phi) is 41.4. The van der Waals surface area contributed by atoms with E-state index in [0.717, 1.165) is 35.5 Å². The summed E-state index contributed by atoms with van der Waals surface area (Å²) in [5.41, 5.74) is 4.72. The van der Waals surface area contributed by atoms with Crippen molar-refractivity contribution < 1.29 is 85.1 Å². The van der Waals surface area contributed by atoms with Crippen molar-refractivity contribution in [2.75, 3.05) is 40.4 Å². The smallest absolute Gasteiger partial charge is 0.274 e. The molecule has 6 rings (SSSR count). The first-order valence-electron chi connectivity index (χ1n) is 33.4. The van der Waals surface area contributed by atoms with Crippen LogP contribution < -0.4 is 31.9 Å². The fraction of sp³-hybridized carbons (Fsp3) is 0.647. The molecule has 6 heterocycles. The van der Waals surface area contributed by atoms with E-state index in [1.54, 1.807) is 14.2 Å². The van der Waals surface area contributed by atoms with E-state index in [0.29, 0.717) is 127 Å². The van der Waals surface area contributed by atoms with Gasteiger partial charge in [-0.05, 0) is 65.2 Å². The number of halogens is 1. The number of rotatable bonds is 30. The third kappa shape index (κ3) is 28.0. The maximum Gasteiger partial charge on any atom is 0.274 e. The van der Waals surface area contributed by atoms with Gasteiger partial charge in [-0.2, -0.15) is 0 Å². The zero-order valence-corrected chi connectivity index (χ0v) is 61.6. The molecule has 552 valence electrons. The van der Waals surface area contributed by atoms with Gasteiger partial charge in [-0.25, -0.2) is 4.39 Å². The summed E-state index contributed by atoms with van der Waals surface area (Å²) in [5.74, 6) is 3.43. The van der Waals surface area contributed by atoms with E-state index in [-0.39, 0.29) is 108 Å². The van der Waals surface area contributed by atoms with Crippen LogP contribution in [0.5, 0.6) is 0 Å². The van der Waals surface area contributed by atoms with Crippen LogP contribution in [0.3, 0.4) is 0 Å². The molecule has 6 amide bonds. The van der Waals surface area contributed by atoms with Crippen molar-refractivity contribution in [3.63, 3.8) is 0 Å². The number of aliphatic hydroxyl groups excluding tert-OH is 3. The molecule has 0 aromatic carbocycles. The highest BCUT2D eigenvalue weighted by atomic mass is 19.1. The van der Waals surface area contributed by atoms with Crippen molar-refractivity contribution in [2.45, 2.75) is 228 Å².